The van der Waals surface area contributed by atoms with Crippen LogP contribution in [0.3, 0.4) is 0 Å². The molecule has 7 heteroatoms. The predicted octanol–water partition coefficient (Wildman–Crippen LogP) is 1.57. The monoisotopic (exact) mass is 312 g/mol. The summed E-state index contributed by atoms with van der Waals surface area (Å²) in [5.41, 5.74) is 0.965. The molecule has 2 aromatic rings. The van der Waals surface area contributed by atoms with E-state index >= 15 is 0 Å². The Balaban J connectivity index is 1.68. The van der Waals surface area contributed by atoms with E-state index in [0.717, 1.165) is 10.9 Å². The van der Waals surface area contributed by atoms with Crippen LogP contribution >= 0.6 is 11.3 Å². The van der Waals surface area contributed by atoms with Gasteiger partial charge in [-0.3, -0.25) is 0 Å². The van der Waals surface area contributed by atoms with Crippen molar-refractivity contribution in [1.29, 1.82) is 0 Å². The highest BCUT2D eigenvalue weighted by Gasteiger charge is 2.23. The van der Waals surface area contributed by atoms with E-state index in [-0.39, 0.29) is 0 Å². The number of hydrogen-bond acceptors (Lipinski definition) is 4. The van der Waals surface area contributed by atoms with Crippen LogP contribution < -0.4 is 4.72 Å². The first-order chi connectivity index (χ1) is 9.65. The van der Waals surface area contributed by atoms with E-state index < -0.39 is 10.2 Å². The van der Waals surface area contributed by atoms with E-state index in [1.54, 1.807) is 11.3 Å². The van der Waals surface area contributed by atoms with Gasteiger partial charge in [-0.05, 0) is 34.5 Å². The van der Waals surface area contributed by atoms with E-state index in [2.05, 4.69) is 4.72 Å². The SMILES string of the molecule is O=S(=O)(NCc1ccc2sccc2c1)N1CCOCC1. The zero-order valence-corrected chi connectivity index (χ0v) is 12.5. The predicted molar refractivity (Wildman–Crippen MR) is 80.0 cm³/mol. The van der Waals surface area contributed by atoms with Gasteiger partial charge in [0.05, 0.1) is 13.2 Å². The summed E-state index contributed by atoms with van der Waals surface area (Å²) in [6, 6.07) is 8.05. The Hall–Kier alpha value is -0.990. The van der Waals surface area contributed by atoms with Crippen LogP contribution in [0.2, 0.25) is 0 Å². The lowest BCUT2D eigenvalue weighted by Crippen LogP contribution is -2.46. The lowest BCUT2D eigenvalue weighted by molar-refractivity contribution is 0.0725. The molecule has 1 aliphatic heterocycles. The first-order valence-electron chi connectivity index (χ1n) is 6.44. The van der Waals surface area contributed by atoms with Gasteiger partial charge in [0.15, 0.2) is 0 Å². The second-order valence-electron chi connectivity index (χ2n) is 4.63. The molecule has 1 saturated heterocycles. The summed E-state index contributed by atoms with van der Waals surface area (Å²) in [5, 5.41) is 3.19. The number of benzene rings is 1. The molecule has 2 heterocycles. The second kappa shape index (κ2) is 5.79. The largest absolute Gasteiger partial charge is 0.379 e. The maximum absolute atomic E-state index is 12.1. The maximum Gasteiger partial charge on any atom is 0.279 e. The first-order valence-corrected chi connectivity index (χ1v) is 8.76. The average molecular weight is 312 g/mol. The van der Waals surface area contributed by atoms with E-state index in [1.165, 1.54) is 9.01 Å². The van der Waals surface area contributed by atoms with Gasteiger partial charge in [-0.15, -0.1) is 11.3 Å². The van der Waals surface area contributed by atoms with Gasteiger partial charge in [-0.1, -0.05) is 6.07 Å². The summed E-state index contributed by atoms with van der Waals surface area (Å²) in [4.78, 5) is 0. The van der Waals surface area contributed by atoms with Crippen LogP contribution in [0.4, 0.5) is 0 Å². The topological polar surface area (TPSA) is 58.6 Å². The molecular formula is C13H16N2O3S2. The number of ether oxygens (including phenoxy) is 1. The van der Waals surface area contributed by atoms with Gasteiger partial charge in [0.1, 0.15) is 0 Å². The fourth-order valence-electron chi connectivity index (χ4n) is 2.18. The molecule has 1 aromatic heterocycles. The number of rotatable bonds is 4. The molecule has 20 heavy (non-hydrogen) atoms. The van der Waals surface area contributed by atoms with Crippen molar-refractivity contribution in [3.8, 4) is 0 Å². The average Bonchev–Trinajstić information content (AvgIpc) is 2.94. The van der Waals surface area contributed by atoms with Crippen molar-refractivity contribution in [2.45, 2.75) is 6.54 Å². The Kier molecular flexibility index (Phi) is 4.04. The van der Waals surface area contributed by atoms with Crippen LogP contribution in [-0.2, 0) is 21.5 Å². The second-order valence-corrected chi connectivity index (χ2v) is 7.33. The van der Waals surface area contributed by atoms with Crippen molar-refractivity contribution in [2.24, 2.45) is 0 Å². The van der Waals surface area contributed by atoms with Crippen LogP contribution in [0.1, 0.15) is 5.56 Å². The fourth-order valence-corrected chi connectivity index (χ4v) is 4.11. The summed E-state index contributed by atoms with van der Waals surface area (Å²) in [5.74, 6) is 0. The van der Waals surface area contributed by atoms with E-state index in [1.807, 2.05) is 29.6 Å². The highest BCUT2D eigenvalue weighted by molar-refractivity contribution is 7.87. The minimum absolute atomic E-state index is 0.311. The molecule has 108 valence electrons. The summed E-state index contributed by atoms with van der Waals surface area (Å²) >= 11 is 1.68. The highest BCUT2D eigenvalue weighted by Crippen LogP contribution is 2.21. The number of thiophene rings is 1. The van der Waals surface area contributed by atoms with Gasteiger partial charge in [-0.2, -0.15) is 17.4 Å². The number of nitrogens with zero attached hydrogens (tertiary/aromatic N) is 1. The van der Waals surface area contributed by atoms with Gasteiger partial charge in [0.25, 0.3) is 10.2 Å². The highest BCUT2D eigenvalue weighted by atomic mass is 32.2. The standard InChI is InChI=1S/C13H16N2O3S2/c16-20(17,15-4-6-18-7-5-15)14-10-11-1-2-13-12(9-11)3-8-19-13/h1-3,8-9,14H,4-7,10H2. The van der Waals surface area contributed by atoms with Crippen LogP contribution in [0.15, 0.2) is 29.6 Å². The van der Waals surface area contributed by atoms with Crippen molar-refractivity contribution < 1.29 is 13.2 Å². The molecule has 3 rings (SSSR count). The lowest BCUT2D eigenvalue weighted by atomic mass is 10.2. The molecule has 1 N–H and O–H groups in total. The number of fused-ring (bicyclic) bond motifs is 1. The molecule has 0 bridgehead atoms. The molecule has 0 amide bonds. The summed E-state index contributed by atoms with van der Waals surface area (Å²) < 4.78 is 34.7. The van der Waals surface area contributed by atoms with Crippen LogP contribution in [0, 0.1) is 0 Å². The molecule has 1 aliphatic rings. The van der Waals surface area contributed by atoms with Crippen LogP contribution in [0.25, 0.3) is 10.1 Å². The first kappa shape index (κ1) is 14.0. The quantitative estimate of drug-likeness (QED) is 0.932. The Bertz CT molecular complexity index is 690. The molecule has 1 aromatic carbocycles. The zero-order valence-electron chi connectivity index (χ0n) is 10.9. The normalized spacial score (nSPS) is 17.6. The van der Waals surface area contributed by atoms with E-state index in [9.17, 15) is 8.42 Å². The Morgan fingerprint density at radius 1 is 1.25 bits per heavy atom. The van der Waals surface area contributed by atoms with Crippen molar-refractivity contribution in [3.63, 3.8) is 0 Å². The minimum Gasteiger partial charge on any atom is -0.379 e. The minimum atomic E-state index is -3.42. The summed E-state index contributed by atoms with van der Waals surface area (Å²) in [7, 11) is -3.42. The van der Waals surface area contributed by atoms with E-state index in [4.69, 9.17) is 4.74 Å². The zero-order chi connectivity index (χ0) is 14.0. The maximum atomic E-state index is 12.1. The van der Waals surface area contributed by atoms with Gasteiger partial charge >= 0.3 is 0 Å². The number of hydrogen-bond donors (Lipinski definition) is 1. The van der Waals surface area contributed by atoms with Gasteiger partial charge < -0.3 is 4.74 Å². The Morgan fingerprint density at radius 3 is 2.85 bits per heavy atom. The Labute approximate surface area is 122 Å². The van der Waals surface area contributed by atoms with Crippen molar-refractivity contribution in [1.82, 2.24) is 9.03 Å². The lowest BCUT2D eigenvalue weighted by Gasteiger charge is -2.26. The molecule has 1 fully saturated rings. The number of nitrogens with one attached hydrogen (secondary N) is 1. The summed E-state index contributed by atoms with van der Waals surface area (Å²) in [6.45, 7) is 2.06. The Morgan fingerprint density at radius 2 is 2.05 bits per heavy atom. The third kappa shape index (κ3) is 3.02. The molecule has 5 nitrogen and oxygen atoms in total. The van der Waals surface area contributed by atoms with Crippen molar-refractivity contribution in [3.05, 3.63) is 35.2 Å². The molecule has 0 radical (unpaired) electrons. The third-order valence-electron chi connectivity index (χ3n) is 3.29. The smallest absolute Gasteiger partial charge is 0.279 e. The van der Waals surface area contributed by atoms with Crippen LogP contribution in [-0.4, -0.2) is 39.0 Å². The molecule has 0 aliphatic carbocycles. The van der Waals surface area contributed by atoms with Gasteiger partial charge in [0.2, 0.25) is 0 Å². The fraction of sp³-hybridized carbons (Fsp3) is 0.385. The van der Waals surface area contributed by atoms with Crippen molar-refractivity contribution >= 4 is 31.6 Å². The van der Waals surface area contributed by atoms with Crippen molar-refractivity contribution in [2.75, 3.05) is 26.3 Å². The molecule has 0 spiro atoms. The molecule has 0 atom stereocenters. The molecule has 0 unspecified atom stereocenters. The third-order valence-corrected chi connectivity index (χ3v) is 5.74. The van der Waals surface area contributed by atoms with Gasteiger partial charge in [-0.25, -0.2) is 0 Å². The molecule has 0 saturated carbocycles. The summed E-state index contributed by atoms with van der Waals surface area (Å²) in [6.07, 6.45) is 0. The van der Waals surface area contributed by atoms with E-state index in [0.29, 0.717) is 32.8 Å². The van der Waals surface area contributed by atoms with Crippen LogP contribution in [0.5, 0.6) is 0 Å². The van der Waals surface area contributed by atoms with Gasteiger partial charge in [0, 0.05) is 24.3 Å². The molecular weight excluding hydrogens is 296 g/mol. The number of morpholine rings is 1.